The molecule has 0 fully saturated rings. The van der Waals surface area contributed by atoms with Gasteiger partial charge < -0.3 is 15.2 Å². The molecule has 100 valence electrons. The minimum Gasteiger partial charge on any atom is -0.478 e. The molecule has 0 aromatic carbocycles. The fourth-order valence-corrected chi connectivity index (χ4v) is 1.56. The Morgan fingerprint density at radius 1 is 1.50 bits per heavy atom. The molecule has 2 N–H and O–H groups in total. The standard InChI is InChI=1S/C12H17ClN2O3/c1-2-5-18-6-3-4-14-11-8-9(12(16)17)7-10(13)15-11/h7-8H,2-6H2,1H3,(H,14,15)(H,16,17). The second kappa shape index (κ2) is 7.89. The third-order valence-corrected chi connectivity index (χ3v) is 2.35. The number of hydrogen-bond donors (Lipinski definition) is 2. The molecule has 0 spiro atoms. The molecular formula is C12H17ClN2O3. The predicted molar refractivity (Wildman–Crippen MR) is 70.4 cm³/mol. The van der Waals surface area contributed by atoms with Crippen molar-refractivity contribution in [3.63, 3.8) is 0 Å². The van der Waals surface area contributed by atoms with Crippen molar-refractivity contribution in [3.8, 4) is 0 Å². The molecule has 5 nitrogen and oxygen atoms in total. The zero-order valence-corrected chi connectivity index (χ0v) is 11.0. The lowest BCUT2D eigenvalue weighted by Gasteiger charge is -2.07. The number of nitrogens with zero attached hydrogens (tertiary/aromatic N) is 1. The number of anilines is 1. The van der Waals surface area contributed by atoms with E-state index in [0.29, 0.717) is 19.0 Å². The van der Waals surface area contributed by atoms with E-state index in [0.717, 1.165) is 19.4 Å². The molecule has 1 aromatic heterocycles. The van der Waals surface area contributed by atoms with Crippen LogP contribution in [0, 0.1) is 0 Å². The fourth-order valence-electron chi connectivity index (χ4n) is 1.35. The van der Waals surface area contributed by atoms with E-state index in [1.807, 2.05) is 0 Å². The van der Waals surface area contributed by atoms with Gasteiger partial charge in [-0.3, -0.25) is 0 Å². The normalized spacial score (nSPS) is 10.3. The maximum absolute atomic E-state index is 10.8. The maximum atomic E-state index is 10.8. The van der Waals surface area contributed by atoms with Crippen LogP contribution in [0.4, 0.5) is 5.82 Å². The first-order valence-electron chi connectivity index (χ1n) is 5.86. The predicted octanol–water partition coefficient (Wildman–Crippen LogP) is 2.66. The van der Waals surface area contributed by atoms with Crippen molar-refractivity contribution < 1.29 is 14.6 Å². The third-order valence-electron chi connectivity index (χ3n) is 2.16. The summed E-state index contributed by atoms with van der Waals surface area (Å²) in [5.41, 5.74) is 0.125. The fraction of sp³-hybridized carbons (Fsp3) is 0.500. The van der Waals surface area contributed by atoms with Gasteiger partial charge in [0.05, 0.1) is 5.56 Å². The summed E-state index contributed by atoms with van der Waals surface area (Å²) in [7, 11) is 0. The minimum absolute atomic E-state index is 0.125. The first kappa shape index (κ1) is 14.7. The largest absolute Gasteiger partial charge is 0.478 e. The lowest BCUT2D eigenvalue weighted by atomic mass is 10.2. The first-order valence-corrected chi connectivity index (χ1v) is 6.23. The number of pyridine rings is 1. The van der Waals surface area contributed by atoms with Gasteiger partial charge in [-0.15, -0.1) is 0 Å². The molecule has 0 aliphatic rings. The van der Waals surface area contributed by atoms with Gasteiger partial charge in [-0.2, -0.15) is 0 Å². The van der Waals surface area contributed by atoms with Crippen molar-refractivity contribution >= 4 is 23.4 Å². The molecule has 0 saturated carbocycles. The summed E-state index contributed by atoms with van der Waals surface area (Å²) in [5, 5.41) is 12.1. The number of carbonyl (C=O) groups is 1. The summed E-state index contributed by atoms with van der Waals surface area (Å²) in [4.78, 5) is 14.8. The van der Waals surface area contributed by atoms with E-state index >= 15 is 0 Å². The number of carboxylic acid groups (broad SMARTS) is 1. The van der Waals surface area contributed by atoms with Gasteiger partial charge in [0.1, 0.15) is 11.0 Å². The average molecular weight is 273 g/mol. The van der Waals surface area contributed by atoms with Gasteiger partial charge in [0, 0.05) is 19.8 Å². The van der Waals surface area contributed by atoms with E-state index in [2.05, 4.69) is 17.2 Å². The van der Waals surface area contributed by atoms with E-state index < -0.39 is 5.97 Å². The molecule has 1 heterocycles. The van der Waals surface area contributed by atoms with Crippen LogP contribution < -0.4 is 5.32 Å². The van der Waals surface area contributed by atoms with E-state index in [1.165, 1.54) is 12.1 Å². The topological polar surface area (TPSA) is 71.5 Å². The summed E-state index contributed by atoms with van der Waals surface area (Å²) in [6, 6.07) is 2.78. The SMILES string of the molecule is CCCOCCCNc1cc(C(=O)O)cc(Cl)n1. The highest BCUT2D eigenvalue weighted by molar-refractivity contribution is 6.29. The van der Waals surface area contributed by atoms with Crippen molar-refractivity contribution in [2.24, 2.45) is 0 Å². The number of nitrogens with one attached hydrogen (secondary N) is 1. The number of hydrogen-bond acceptors (Lipinski definition) is 4. The van der Waals surface area contributed by atoms with Gasteiger partial charge in [0.25, 0.3) is 0 Å². The van der Waals surface area contributed by atoms with Crippen LogP contribution in [0.15, 0.2) is 12.1 Å². The van der Waals surface area contributed by atoms with Crippen LogP contribution >= 0.6 is 11.6 Å². The van der Waals surface area contributed by atoms with Crippen LogP contribution in [0.5, 0.6) is 0 Å². The molecule has 0 unspecified atom stereocenters. The lowest BCUT2D eigenvalue weighted by molar-refractivity contribution is 0.0697. The zero-order chi connectivity index (χ0) is 13.4. The number of aromatic carboxylic acids is 1. The van der Waals surface area contributed by atoms with Crippen molar-refractivity contribution in [1.82, 2.24) is 4.98 Å². The van der Waals surface area contributed by atoms with Gasteiger partial charge in [-0.25, -0.2) is 9.78 Å². The van der Waals surface area contributed by atoms with Crippen molar-refractivity contribution in [3.05, 3.63) is 22.8 Å². The number of aromatic nitrogens is 1. The molecule has 0 amide bonds. The molecule has 0 atom stereocenters. The lowest BCUT2D eigenvalue weighted by Crippen LogP contribution is -2.08. The summed E-state index contributed by atoms with van der Waals surface area (Å²) >= 11 is 5.74. The Bertz CT molecular complexity index is 399. The molecule has 1 aromatic rings. The Morgan fingerprint density at radius 3 is 2.94 bits per heavy atom. The Hall–Kier alpha value is -1.33. The number of rotatable bonds is 8. The minimum atomic E-state index is -1.02. The van der Waals surface area contributed by atoms with Gasteiger partial charge in [-0.1, -0.05) is 18.5 Å². The Kier molecular flexibility index (Phi) is 6.46. The number of ether oxygens (including phenoxy) is 1. The molecule has 18 heavy (non-hydrogen) atoms. The van der Waals surface area contributed by atoms with Gasteiger partial charge in [0.15, 0.2) is 0 Å². The van der Waals surface area contributed by atoms with E-state index in [-0.39, 0.29) is 10.7 Å². The van der Waals surface area contributed by atoms with Gasteiger partial charge >= 0.3 is 5.97 Å². The van der Waals surface area contributed by atoms with Crippen molar-refractivity contribution in [1.29, 1.82) is 0 Å². The second-order valence-corrected chi connectivity index (χ2v) is 4.15. The molecular weight excluding hydrogens is 256 g/mol. The molecule has 0 radical (unpaired) electrons. The summed E-state index contributed by atoms with van der Waals surface area (Å²) in [6.45, 7) is 4.16. The van der Waals surface area contributed by atoms with Crippen LogP contribution in [0.1, 0.15) is 30.1 Å². The molecule has 0 aliphatic carbocycles. The highest BCUT2D eigenvalue weighted by atomic mass is 35.5. The van der Waals surface area contributed by atoms with Crippen molar-refractivity contribution in [2.45, 2.75) is 19.8 Å². The molecule has 0 saturated heterocycles. The summed E-state index contributed by atoms with van der Waals surface area (Å²) < 4.78 is 5.33. The quantitative estimate of drug-likeness (QED) is 0.562. The van der Waals surface area contributed by atoms with Crippen LogP contribution in [-0.4, -0.2) is 35.8 Å². The second-order valence-electron chi connectivity index (χ2n) is 3.76. The molecule has 0 aliphatic heterocycles. The molecule has 0 bridgehead atoms. The van der Waals surface area contributed by atoms with Crippen molar-refractivity contribution in [2.75, 3.05) is 25.1 Å². The first-order chi connectivity index (χ1) is 8.63. The van der Waals surface area contributed by atoms with Crippen LogP contribution in [0.3, 0.4) is 0 Å². The van der Waals surface area contributed by atoms with Gasteiger partial charge in [-0.05, 0) is 25.0 Å². The Morgan fingerprint density at radius 2 is 2.28 bits per heavy atom. The van der Waals surface area contributed by atoms with Crippen LogP contribution in [-0.2, 0) is 4.74 Å². The molecule has 6 heteroatoms. The van der Waals surface area contributed by atoms with E-state index in [4.69, 9.17) is 21.4 Å². The zero-order valence-electron chi connectivity index (χ0n) is 10.3. The Labute approximate surface area is 111 Å². The van der Waals surface area contributed by atoms with Gasteiger partial charge in [0.2, 0.25) is 0 Å². The monoisotopic (exact) mass is 272 g/mol. The highest BCUT2D eigenvalue weighted by Gasteiger charge is 2.06. The van der Waals surface area contributed by atoms with E-state index in [9.17, 15) is 4.79 Å². The van der Waals surface area contributed by atoms with E-state index in [1.54, 1.807) is 0 Å². The Balaban J connectivity index is 2.40. The number of carboxylic acids is 1. The third kappa shape index (κ3) is 5.33. The van der Waals surface area contributed by atoms with Crippen LogP contribution in [0.25, 0.3) is 0 Å². The molecule has 1 rings (SSSR count). The summed E-state index contributed by atoms with van der Waals surface area (Å²) in [6.07, 6.45) is 1.84. The number of halogens is 1. The van der Waals surface area contributed by atoms with Crippen LogP contribution in [0.2, 0.25) is 5.15 Å². The highest BCUT2D eigenvalue weighted by Crippen LogP contribution is 2.14. The maximum Gasteiger partial charge on any atom is 0.335 e. The smallest absolute Gasteiger partial charge is 0.335 e. The average Bonchev–Trinajstić information content (AvgIpc) is 2.33. The summed E-state index contributed by atoms with van der Waals surface area (Å²) in [5.74, 6) is -0.552.